The summed E-state index contributed by atoms with van der Waals surface area (Å²) in [6.45, 7) is 1.03. The van der Waals surface area contributed by atoms with Crippen molar-refractivity contribution in [2.45, 2.75) is 55.1 Å². The van der Waals surface area contributed by atoms with Gasteiger partial charge in [-0.2, -0.15) is 0 Å². The molecule has 388 valence electrons. The van der Waals surface area contributed by atoms with Crippen molar-refractivity contribution < 1.29 is 57.9 Å². The Morgan fingerprint density at radius 2 is 1.34 bits per heavy atom. The second-order valence-corrected chi connectivity index (χ2v) is 18.6. The maximum Gasteiger partial charge on any atom is 0.329 e. The molecule has 76 heavy (non-hydrogen) atoms. The number of aliphatic hydroxyl groups is 2. The van der Waals surface area contributed by atoms with Crippen LogP contribution in [0.15, 0.2) is 164 Å². The molecule has 16 nitrogen and oxygen atoms in total. The van der Waals surface area contributed by atoms with E-state index < -0.39 is 89.4 Å². The molecule has 4 amide bonds. The summed E-state index contributed by atoms with van der Waals surface area (Å²) in [5, 5.41) is 27.3. The second kappa shape index (κ2) is 22.9. The number of hydrogen-bond donors (Lipinski definition) is 4. The lowest BCUT2D eigenvalue weighted by Gasteiger charge is -2.46. The number of morpholine rings is 1. The van der Waals surface area contributed by atoms with Crippen molar-refractivity contribution in [1.82, 2.24) is 15.5 Å². The highest BCUT2D eigenvalue weighted by Crippen LogP contribution is 2.66. The first-order valence-corrected chi connectivity index (χ1v) is 24.8. The number of nitrogens with one attached hydrogen (secondary N) is 2. The Hall–Kier alpha value is -8.62. The highest BCUT2D eigenvalue weighted by atomic mass is 16.6. The predicted molar refractivity (Wildman–Crippen MR) is 278 cm³/mol. The van der Waals surface area contributed by atoms with Crippen LogP contribution in [0.25, 0.3) is 0 Å². The van der Waals surface area contributed by atoms with Crippen LogP contribution in [0, 0.1) is 23.7 Å². The minimum absolute atomic E-state index is 0.0826. The van der Waals surface area contributed by atoms with Gasteiger partial charge in [-0.3, -0.25) is 28.9 Å². The molecule has 2 saturated heterocycles. The molecule has 3 aliphatic heterocycles. The molecule has 16 heteroatoms. The summed E-state index contributed by atoms with van der Waals surface area (Å²) in [4.78, 5) is 91.8. The Balaban J connectivity index is 1.33. The van der Waals surface area contributed by atoms with Gasteiger partial charge in [0, 0.05) is 18.5 Å². The van der Waals surface area contributed by atoms with Gasteiger partial charge in [0.25, 0.3) is 0 Å². The average molecular weight is 1030 g/mol. The number of aliphatic hydroxyl groups excluding tert-OH is 2. The predicted octanol–water partition coefficient (Wildman–Crippen LogP) is 6.75. The topological polar surface area (TPSA) is 210 Å². The van der Waals surface area contributed by atoms with E-state index in [9.17, 15) is 19.8 Å². The van der Waals surface area contributed by atoms with Crippen LogP contribution in [0.1, 0.15) is 82.6 Å². The number of urea groups is 1. The number of imide groups is 1. The van der Waals surface area contributed by atoms with Crippen molar-refractivity contribution in [2.75, 3.05) is 38.9 Å². The Labute approximate surface area is 439 Å². The van der Waals surface area contributed by atoms with Gasteiger partial charge in [-0.25, -0.2) is 9.69 Å². The summed E-state index contributed by atoms with van der Waals surface area (Å²) in [5.41, 5.74) is 1.19. The summed E-state index contributed by atoms with van der Waals surface area (Å²) < 4.78 is 22.3. The first kappa shape index (κ1) is 52.3. The molecule has 4 N–H and O–H groups in total. The molecule has 0 radical (unpaired) electrons. The minimum atomic E-state index is -2.22. The average Bonchev–Trinajstić information content (AvgIpc) is 4.16. The molecule has 0 aliphatic carbocycles. The molecule has 6 aromatic carbocycles. The van der Waals surface area contributed by atoms with Gasteiger partial charge >= 0.3 is 23.9 Å². The molecular weight excluding hydrogens is 969 g/mol. The van der Waals surface area contributed by atoms with E-state index >= 15 is 19.2 Å². The zero-order valence-corrected chi connectivity index (χ0v) is 41.9. The van der Waals surface area contributed by atoms with E-state index in [1.165, 1.54) is 0 Å². The number of hydrogen-bond acceptors (Lipinski definition) is 13. The number of nitrogens with zero attached hydrogens (tertiary/aromatic N) is 2. The highest BCUT2D eigenvalue weighted by molar-refractivity contribution is 6.24. The van der Waals surface area contributed by atoms with Gasteiger partial charge in [0.05, 0.1) is 56.7 Å². The Morgan fingerprint density at radius 1 is 0.737 bits per heavy atom. The standard InChI is InChI=1S/C60H56N4O12/c1-37(39-19-8-4-9-20-39)62-59(72)63-47-31-30-38(18-16-29-45(55(68)73-2)56(69)74-3)34-46(47)60(58(63)71)49(54(67)61-36-48(66)40-21-10-5-11-22-40)51-57(70)76-52(42-25-14-7-15-26-42)50(41-23-12-6-13-24-41)64(51)53(60)43-27-17-28-44(35-43)75-33-32-65/h4-15,17,19-28,30-31,34-35,37,45,48-53,65-66H,29,32-33,36H2,1-3H3,(H,61,67)(H,62,72). The van der Waals surface area contributed by atoms with Gasteiger partial charge in [0.2, 0.25) is 11.8 Å². The highest BCUT2D eigenvalue weighted by Gasteiger charge is 2.75. The SMILES string of the molecule is COC(=O)C(CC#Cc1ccc2c(c1)C1(C(=O)N2C(=O)NC(C)c2ccccc2)C(C(=O)NCC(O)c2ccccc2)C2C(=O)OC(c3ccccc3)C(c3ccccc3)N2C1c1cccc(OCCO)c1)C(=O)OC. The zero-order chi connectivity index (χ0) is 53.5. The number of esters is 3. The fraction of sp³-hybridized carbons (Fsp3) is 0.267. The molecule has 1 spiro atoms. The van der Waals surface area contributed by atoms with E-state index in [1.807, 2.05) is 95.9 Å². The van der Waals surface area contributed by atoms with Crippen LogP contribution in [0.4, 0.5) is 10.5 Å². The van der Waals surface area contributed by atoms with Crippen LogP contribution in [0.5, 0.6) is 5.75 Å². The van der Waals surface area contributed by atoms with E-state index in [0.29, 0.717) is 28.0 Å². The maximum atomic E-state index is 16.8. The Kier molecular flexibility index (Phi) is 15.7. The van der Waals surface area contributed by atoms with Gasteiger partial charge in [0.1, 0.15) is 29.9 Å². The van der Waals surface area contributed by atoms with Gasteiger partial charge in [-0.15, -0.1) is 0 Å². The largest absolute Gasteiger partial charge is 0.491 e. The molecule has 2 fully saturated rings. The first-order valence-electron chi connectivity index (χ1n) is 24.8. The summed E-state index contributed by atoms with van der Waals surface area (Å²) in [6.07, 6.45) is -2.55. The molecule has 9 rings (SSSR count). The summed E-state index contributed by atoms with van der Waals surface area (Å²) >= 11 is 0. The number of carbonyl (C=O) groups excluding carboxylic acids is 6. The number of anilines is 1. The maximum absolute atomic E-state index is 16.8. The smallest absolute Gasteiger partial charge is 0.329 e. The lowest BCUT2D eigenvalue weighted by molar-refractivity contribution is -0.178. The van der Waals surface area contributed by atoms with Gasteiger partial charge in [0.15, 0.2) is 5.92 Å². The van der Waals surface area contributed by atoms with E-state index in [4.69, 9.17) is 18.9 Å². The Bertz CT molecular complexity index is 3150. The number of cyclic esters (lactones) is 1. The molecular formula is C60H56N4O12. The van der Waals surface area contributed by atoms with Crippen molar-refractivity contribution in [1.29, 1.82) is 0 Å². The molecule has 3 heterocycles. The van der Waals surface area contributed by atoms with E-state index in [1.54, 1.807) is 79.7 Å². The summed E-state index contributed by atoms with van der Waals surface area (Å²) in [7, 11) is 2.28. The van der Waals surface area contributed by atoms with Crippen molar-refractivity contribution in [3.05, 3.63) is 203 Å². The molecule has 0 saturated carbocycles. The number of fused-ring (bicyclic) bond motifs is 3. The molecule has 8 atom stereocenters. The van der Waals surface area contributed by atoms with E-state index in [2.05, 4.69) is 22.5 Å². The third-order valence-electron chi connectivity index (χ3n) is 14.3. The summed E-state index contributed by atoms with van der Waals surface area (Å²) in [6, 6.07) is 42.6. The van der Waals surface area contributed by atoms with Crippen molar-refractivity contribution >= 4 is 41.4 Å². The fourth-order valence-corrected chi connectivity index (χ4v) is 10.9. The van der Waals surface area contributed by atoms with Gasteiger partial charge in [-0.1, -0.05) is 145 Å². The third kappa shape index (κ3) is 9.91. The van der Waals surface area contributed by atoms with E-state index in [0.717, 1.165) is 24.7 Å². The monoisotopic (exact) mass is 1020 g/mol. The third-order valence-corrected chi connectivity index (χ3v) is 14.3. The van der Waals surface area contributed by atoms with Crippen molar-refractivity contribution in [3.8, 4) is 17.6 Å². The van der Waals surface area contributed by atoms with Crippen LogP contribution < -0.4 is 20.3 Å². The van der Waals surface area contributed by atoms with Crippen LogP contribution in [0.3, 0.4) is 0 Å². The minimum Gasteiger partial charge on any atom is -0.491 e. The van der Waals surface area contributed by atoms with Crippen LogP contribution in [0.2, 0.25) is 0 Å². The molecule has 0 bridgehead atoms. The van der Waals surface area contributed by atoms with Crippen LogP contribution >= 0.6 is 0 Å². The van der Waals surface area contributed by atoms with Crippen molar-refractivity contribution in [2.24, 2.45) is 11.8 Å². The van der Waals surface area contributed by atoms with Gasteiger partial charge < -0.3 is 39.8 Å². The number of rotatable bonds is 15. The first-order chi connectivity index (χ1) is 36.9. The number of ether oxygens (including phenoxy) is 4. The quantitative estimate of drug-likeness (QED) is 0.0364. The molecule has 8 unspecified atom stereocenters. The molecule has 6 aromatic rings. The number of amides is 4. The lowest BCUT2D eigenvalue weighted by Crippen LogP contribution is -2.56. The number of methoxy groups -OCH3 is 2. The molecule has 0 aromatic heterocycles. The Morgan fingerprint density at radius 3 is 1.97 bits per heavy atom. The normalized spacial score (nSPS) is 21.3. The number of carbonyl (C=O) groups is 6. The van der Waals surface area contributed by atoms with E-state index in [-0.39, 0.29) is 43.0 Å². The summed E-state index contributed by atoms with van der Waals surface area (Å²) in [5.74, 6) is -1.09. The second-order valence-electron chi connectivity index (χ2n) is 18.6. The van der Waals surface area contributed by atoms with Crippen LogP contribution in [-0.2, 0) is 43.6 Å². The lowest BCUT2D eigenvalue weighted by atomic mass is 9.65. The number of benzene rings is 6. The molecule has 3 aliphatic rings. The zero-order valence-electron chi connectivity index (χ0n) is 41.9. The fourth-order valence-electron chi connectivity index (χ4n) is 10.9. The van der Waals surface area contributed by atoms with Crippen molar-refractivity contribution in [3.63, 3.8) is 0 Å². The van der Waals surface area contributed by atoms with Gasteiger partial charge in [-0.05, 0) is 70.6 Å². The van der Waals surface area contributed by atoms with Crippen LogP contribution in [-0.4, -0.2) is 90.9 Å².